The minimum Gasteiger partial charge on any atom is -0.330 e. The van der Waals surface area contributed by atoms with Gasteiger partial charge in [-0.15, -0.1) is 10.2 Å². The maximum atomic E-state index is 5.91. The molecular weight excluding hydrogens is 248 g/mol. The third-order valence-electron chi connectivity index (χ3n) is 3.52. The molecule has 2 rings (SSSR count). The van der Waals surface area contributed by atoms with Crippen LogP contribution in [0.4, 0.5) is 0 Å². The molecule has 1 unspecified atom stereocenters. The molecule has 0 saturated heterocycles. The van der Waals surface area contributed by atoms with Gasteiger partial charge in [0.2, 0.25) is 0 Å². The molecule has 2 N–H and O–H groups in total. The molecule has 0 amide bonds. The van der Waals surface area contributed by atoms with E-state index in [9.17, 15) is 0 Å². The van der Waals surface area contributed by atoms with Crippen molar-refractivity contribution in [2.45, 2.75) is 33.6 Å². The largest absolute Gasteiger partial charge is 0.330 e. The number of nitrogens with zero attached hydrogens (tertiary/aromatic N) is 3. The Morgan fingerprint density at radius 1 is 1.15 bits per heavy atom. The lowest BCUT2D eigenvalue weighted by atomic mass is 9.94. The number of aromatic nitrogens is 3. The van der Waals surface area contributed by atoms with E-state index in [2.05, 4.69) is 40.7 Å². The van der Waals surface area contributed by atoms with Crippen molar-refractivity contribution in [3.8, 4) is 5.69 Å². The Balaban J connectivity index is 2.25. The first-order valence-electron chi connectivity index (χ1n) is 7.28. The predicted molar refractivity (Wildman–Crippen MR) is 81.8 cm³/mol. The first-order valence-corrected chi connectivity index (χ1v) is 7.28. The lowest BCUT2D eigenvalue weighted by Gasteiger charge is -2.17. The number of nitrogens with two attached hydrogens (primary N) is 1. The van der Waals surface area contributed by atoms with Gasteiger partial charge < -0.3 is 5.73 Å². The lowest BCUT2D eigenvalue weighted by molar-refractivity contribution is 0.406. The van der Waals surface area contributed by atoms with Crippen molar-refractivity contribution < 1.29 is 0 Å². The van der Waals surface area contributed by atoms with Crippen LogP contribution in [-0.4, -0.2) is 21.3 Å². The Labute approximate surface area is 121 Å². The van der Waals surface area contributed by atoms with Crippen LogP contribution >= 0.6 is 0 Å². The zero-order valence-corrected chi connectivity index (χ0v) is 12.6. The summed E-state index contributed by atoms with van der Waals surface area (Å²) in [5.41, 5.74) is 7.02. The summed E-state index contributed by atoms with van der Waals surface area (Å²) in [5.74, 6) is 3.04. The molecule has 4 nitrogen and oxygen atoms in total. The Kier molecular flexibility index (Phi) is 4.90. The van der Waals surface area contributed by atoms with Crippen LogP contribution in [0.15, 0.2) is 30.3 Å². The number of hydrogen-bond acceptors (Lipinski definition) is 3. The SMILES string of the molecule is Cc1nnc(CC(CN)CC(C)C)n1-c1ccccc1. The van der Waals surface area contributed by atoms with Gasteiger partial charge in [-0.1, -0.05) is 32.0 Å². The van der Waals surface area contributed by atoms with Gasteiger partial charge in [-0.25, -0.2) is 0 Å². The molecule has 0 aliphatic rings. The Morgan fingerprint density at radius 2 is 1.85 bits per heavy atom. The topological polar surface area (TPSA) is 56.7 Å². The van der Waals surface area contributed by atoms with Crippen molar-refractivity contribution in [3.05, 3.63) is 42.0 Å². The average Bonchev–Trinajstić information content (AvgIpc) is 2.79. The highest BCUT2D eigenvalue weighted by Gasteiger charge is 2.16. The quantitative estimate of drug-likeness (QED) is 0.879. The van der Waals surface area contributed by atoms with Crippen molar-refractivity contribution >= 4 is 0 Å². The molecule has 0 aliphatic carbocycles. The Hall–Kier alpha value is -1.68. The van der Waals surface area contributed by atoms with Crippen molar-refractivity contribution in [1.29, 1.82) is 0 Å². The van der Waals surface area contributed by atoms with E-state index in [0.717, 1.165) is 30.2 Å². The van der Waals surface area contributed by atoms with E-state index in [1.807, 2.05) is 25.1 Å². The minimum absolute atomic E-state index is 0.459. The Bertz CT molecular complexity index is 531. The zero-order chi connectivity index (χ0) is 14.5. The van der Waals surface area contributed by atoms with Gasteiger partial charge in [0.05, 0.1) is 0 Å². The molecule has 0 bridgehead atoms. The molecule has 0 spiro atoms. The Morgan fingerprint density at radius 3 is 2.45 bits per heavy atom. The fraction of sp³-hybridized carbons (Fsp3) is 0.500. The van der Waals surface area contributed by atoms with E-state index >= 15 is 0 Å². The molecule has 0 saturated carbocycles. The fourth-order valence-electron chi connectivity index (χ4n) is 2.64. The van der Waals surface area contributed by atoms with Gasteiger partial charge in [0.1, 0.15) is 11.6 Å². The van der Waals surface area contributed by atoms with Crippen molar-refractivity contribution in [2.24, 2.45) is 17.6 Å². The van der Waals surface area contributed by atoms with Crippen LogP contribution in [0.1, 0.15) is 31.9 Å². The standard InChI is InChI=1S/C16H24N4/c1-12(2)9-14(11-17)10-16-19-18-13(3)20(16)15-7-5-4-6-8-15/h4-8,12,14H,9-11,17H2,1-3H3. The maximum absolute atomic E-state index is 5.91. The second-order valence-corrected chi connectivity index (χ2v) is 5.77. The lowest BCUT2D eigenvalue weighted by Crippen LogP contribution is -2.20. The second kappa shape index (κ2) is 6.66. The molecule has 1 aromatic heterocycles. The fourth-order valence-corrected chi connectivity index (χ4v) is 2.64. The molecule has 0 aliphatic heterocycles. The molecule has 20 heavy (non-hydrogen) atoms. The monoisotopic (exact) mass is 272 g/mol. The minimum atomic E-state index is 0.459. The summed E-state index contributed by atoms with van der Waals surface area (Å²) in [5, 5.41) is 8.58. The van der Waals surface area contributed by atoms with Crippen LogP contribution in [0.5, 0.6) is 0 Å². The average molecular weight is 272 g/mol. The van der Waals surface area contributed by atoms with Gasteiger partial charge in [0, 0.05) is 12.1 Å². The molecule has 1 heterocycles. The van der Waals surface area contributed by atoms with E-state index in [1.165, 1.54) is 0 Å². The highest BCUT2D eigenvalue weighted by molar-refractivity contribution is 5.33. The molecule has 1 atom stereocenters. The first-order chi connectivity index (χ1) is 9.61. The molecule has 1 aromatic carbocycles. The summed E-state index contributed by atoms with van der Waals surface area (Å²) >= 11 is 0. The summed E-state index contributed by atoms with van der Waals surface area (Å²) in [6, 6.07) is 10.3. The smallest absolute Gasteiger partial charge is 0.137 e. The molecule has 0 fully saturated rings. The van der Waals surface area contributed by atoms with Crippen LogP contribution < -0.4 is 5.73 Å². The van der Waals surface area contributed by atoms with Gasteiger partial charge >= 0.3 is 0 Å². The summed E-state index contributed by atoms with van der Waals surface area (Å²) in [4.78, 5) is 0. The van der Waals surface area contributed by atoms with Crippen LogP contribution in [0.25, 0.3) is 5.69 Å². The summed E-state index contributed by atoms with van der Waals surface area (Å²) in [6.45, 7) is 7.15. The van der Waals surface area contributed by atoms with Gasteiger partial charge in [0.25, 0.3) is 0 Å². The highest BCUT2D eigenvalue weighted by Crippen LogP contribution is 2.19. The van der Waals surface area contributed by atoms with Gasteiger partial charge in [0.15, 0.2) is 0 Å². The van der Waals surface area contributed by atoms with Gasteiger partial charge in [-0.2, -0.15) is 0 Å². The molecule has 2 aromatic rings. The summed E-state index contributed by atoms with van der Waals surface area (Å²) in [6.07, 6.45) is 2.00. The highest BCUT2D eigenvalue weighted by atomic mass is 15.3. The van der Waals surface area contributed by atoms with E-state index in [0.29, 0.717) is 18.4 Å². The van der Waals surface area contributed by atoms with Crippen LogP contribution in [0.3, 0.4) is 0 Å². The van der Waals surface area contributed by atoms with Crippen molar-refractivity contribution in [1.82, 2.24) is 14.8 Å². The number of rotatable bonds is 6. The summed E-state index contributed by atoms with van der Waals surface area (Å²) < 4.78 is 2.13. The number of hydrogen-bond donors (Lipinski definition) is 1. The number of para-hydroxylation sites is 1. The normalized spacial score (nSPS) is 12.8. The van der Waals surface area contributed by atoms with Crippen LogP contribution in [-0.2, 0) is 6.42 Å². The number of aryl methyl sites for hydroxylation is 1. The zero-order valence-electron chi connectivity index (χ0n) is 12.6. The van der Waals surface area contributed by atoms with E-state index < -0.39 is 0 Å². The maximum Gasteiger partial charge on any atom is 0.137 e. The van der Waals surface area contributed by atoms with E-state index in [-0.39, 0.29) is 0 Å². The first kappa shape index (κ1) is 14.7. The van der Waals surface area contributed by atoms with Crippen molar-refractivity contribution in [3.63, 3.8) is 0 Å². The van der Waals surface area contributed by atoms with Crippen LogP contribution in [0.2, 0.25) is 0 Å². The van der Waals surface area contributed by atoms with Crippen LogP contribution in [0, 0.1) is 18.8 Å². The summed E-state index contributed by atoms with van der Waals surface area (Å²) in [7, 11) is 0. The number of benzene rings is 1. The van der Waals surface area contributed by atoms with Gasteiger partial charge in [-0.05, 0) is 43.9 Å². The predicted octanol–water partition coefficient (Wildman–Crippen LogP) is 2.74. The molecule has 4 heteroatoms. The molecule has 108 valence electrons. The molecular formula is C16H24N4. The molecule has 0 radical (unpaired) electrons. The van der Waals surface area contributed by atoms with Gasteiger partial charge in [-0.3, -0.25) is 4.57 Å². The third-order valence-corrected chi connectivity index (χ3v) is 3.52. The third kappa shape index (κ3) is 3.45. The second-order valence-electron chi connectivity index (χ2n) is 5.77. The van der Waals surface area contributed by atoms with Crippen molar-refractivity contribution in [2.75, 3.05) is 6.54 Å². The van der Waals surface area contributed by atoms with E-state index in [4.69, 9.17) is 5.73 Å². The van der Waals surface area contributed by atoms with E-state index in [1.54, 1.807) is 0 Å².